The Kier molecular flexibility index (Phi) is 8.46. The van der Waals surface area contributed by atoms with Crippen molar-refractivity contribution in [1.29, 1.82) is 0 Å². The zero-order chi connectivity index (χ0) is 23.1. The van der Waals surface area contributed by atoms with Crippen LogP contribution in [0.2, 0.25) is 0 Å². The Labute approximate surface area is 181 Å². The Balaban J connectivity index is 2.04. The van der Waals surface area contributed by atoms with E-state index in [9.17, 15) is 18.7 Å². The van der Waals surface area contributed by atoms with Gasteiger partial charge >= 0.3 is 6.09 Å². The van der Waals surface area contributed by atoms with Gasteiger partial charge in [0.1, 0.15) is 29.2 Å². The summed E-state index contributed by atoms with van der Waals surface area (Å²) >= 11 is 0. The van der Waals surface area contributed by atoms with E-state index in [4.69, 9.17) is 10.5 Å². The molecule has 1 fully saturated rings. The number of nitrogens with one attached hydrogen (secondary N) is 1. The predicted molar refractivity (Wildman–Crippen MR) is 115 cm³/mol. The third kappa shape index (κ3) is 7.87. The van der Waals surface area contributed by atoms with Gasteiger partial charge in [0.15, 0.2) is 0 Å². The zero-order valence-electron chi connectivity index (χ0n) is 18.1. The molecular formula is C21H31F2N5O3. The molecule has 0 bridgehead atoms. The van der Waals surface area contributed by atoms with Crippen LogP contribution in [-0.4, -0.2) is 66.6 Å². The van der Waals surface area contributed by atoms with E-state index in [0.29, 0.717) is 25.9 Å². The van der Waals surface area contributed by atoms with Crippen LogP contribution >= 0.6 is 0 Å². The van der Waals surface area contributed by atoms with Crippen LogP contribution in [0.5, 0.6) is 0 Å². The Bertz CT molecular complexity index is 805. The molecule has 0 spiro atoms. The van der Waals surface area contributed by atoms with Crippen molar-refractivity contribution in [1.82, 2.24) is 10.2 Å². The van der Waals surface area contributed by atoms with Crippen LogP contribution in [0.1, 0.15) is 39.2 Å². The molecule has 4 N–H and O–H groups in total. The summed E-state index contributed by atoms with van der Waals surface area (Å²) in [6.45, 7) is 6.43. The summed E-state index contributed by atoms with van der Waals surface area (Å²) in [7, 11) is 0. The maximum absolute atomic E-state index is 14.4. The number of piperidine rings is 1. The second-order valence-corrected chi connectivity index (χ2v) is 8.61. The lowest BCUT2D eigenvalue weighted by molar-refractivity contribution is -0.00377. The topological polar surface area (TPSA) is 113 Å². The van der Waals surface area contributed by atoms with Crippen LogP contribution < -0.4 is 11.1 Å². The number of aliphatic hydroxyl groups is 1. The molecule has 1 atom stereocenters. The Morgan fingerprint density at radius 2 is 2.03 bits per heavy atom. The van der Waals surface area contributed by atoms with Crippen molar-refractivity contribution in [3.8, 4) is 0 Å². The van der Waals surface area contributed by atoms with Gasteiger partial charge in [-0.2, -0.15) is 0 Å². The van der Waals surface area contributed by atoms with Crippen LogP contribution in [0.15, 0.2) is 28.2 Å². The lowest BCUT2D eigenvalue weighted by Crippen LogP contribution is -2.50. The molecule has 172 valence electrons. The molecule has 1 amide bonds. The van der Waals surface area contributed by atoms with Crippen LogP contribution in [0, 0.1) is 11.6 Å². The van der Waals surface area contributed by atoms with Crippen molar-refractivity contribution in [3.63, 3.8) is 0 Å². The summed E-state index contributed by atoms with van der Waals surface area (Å²) in [5.74, 6) is -1.57. The van der Waals surface area contributed by atoms with Crippen LogP contribution in [0.4, 0.5) is 13.6 Å². The molecule has 2 rings (SSSR count). The van der Waals surface area contributed by atoms with Crippen molar-refractivity contribution < 1.29 is 23.4 Å². The van der Waals surface area contributed by atoms with Crippen molar-refractivity contribution in [2.45, 2.75) is 50.9 Å². The van der Waals surface area contributed by atoms with Crippen LogP contribution in [-0.2, 0) is 10.3 Å². The smallest absolute Gasteiger partial charge is 0.407 e. The first-order valence-corrected chi connectivity index (χ1v) is 10.1. The number of halogens is 2. The highest BCUT2D eigenvalue weighted by molar-refractivity contribution is 5.69. The number of benzene rings is 1. The van der Waals surface area contributed by atoms with Gasteiger partial charge in [0.05, 0.1) is 12.9 Å². The quantitative estimate of drug-likeness (QED) is 0.445. The Hall–Kier alpha value is -2.59. The average molecular weight is 440 g/mol. The third-order valence-corrected chi connectivity index (χ3v) is 4.81. The van der Waals surface area contributed by atoms with Crippen molar-refractivity contribution in [2.24, 2.45) is 15.7 Å². The molecule has 0 aliphatic carbocycles. The van der Waals surface area contributed by atoms with Gasteiger partial charge in [-0.25, -0.2) is 18.6 Å². The minimum atomic E-state index is -1.69. The number of hydrogen-bond donors (Lipinski definition) is 3. The van der Waals surface area contributed by atoms with Gasteiger partial charge in [-0.1, -0.05) is 6.07 Å². The number of aliphatic imine (C=N–C) groups is 2. The summed E-state index contributed by atoms with van der Waals surface area (Å²) < 4.78 is 33.1. The highest BCUT2D eigenvalue weighted by Crippen LogP contribution is 2.28. The largest absolute Gasteiger partial charge is 0.444 e. The van der Waals surface area contributed by atoms with Gasteiger partial charge < -0.3 is 20.9 Å². The summed E-state index contributed by atoms with van der Waals surface area (Å²) in [4.78, 5) is 21.6. The number of likely N-dealkylation sites (tertiary alicyclic amines) is 1. The normalized spacial score (nSPS) is 18.4. The maximum atomic E-state index is 14.4. The molecule has 1 aromatic rings. The molecular weight excluding hydrogens is 408 g/mol. The number of β-amino-alcohol motifs (C(OH)–C–C–N with tert-alkyl or cyclic N) is 1. The van der Waals surface area contributed by atoms with Crippen molar-refractivity contribution >= 4 is 18.8 Å². The van der Waals surface area contributed by atoms with Gasteiger partial charge in [-0.3, -0.25) is 9.89 Å². The maximum Gasteiger partial charge on any atom is 0.407 e. The minimum Gasteiger partial charge on any atom is -0.444 e. The number of hydrogen-bond acceptors (Lipinski definition) is 5. The number of carbonyl (C=O) groups is 1. The Morgan fingerprint density at radius 1 is 1.35 bits per heavy atom. The zero-order valence-corrected chi connectivity index (χ0v) is 18.1. The third-order valence-electron chi connectivity index (χ3n) is 4.81. The van der Waals surface area contributed by atoms with E-state index in [1.807, 2.05) is 4.90 Å². The van der Waals surface area contributed by atoms with E-state index >= 15 is 0 Å². The molecule has 8 nitrogen and oxygen atoms in total. The number of alkyl carbamates (subject to hydrolysis) is 1. The molecule has 1 saturated heterocycles. The molecule has 31 heavy (non-hydrogen) atoms. The molecule has 0 radical (unpaired) electrons. The molecule has 0 saturated carbocycles. The first-order chi connectivity index (χ1) is 14.5. The molecule has 1 heterocycles. The van der Waals surface area contributed by atoms with E-state index < -0.39 is 28.9 Å². The number of rotatable bonds is 7. The fourth-order valence-electron chi connectivity index (χ4n) is 3.44. The first kappa shape index (κ1) is 24.7. The van der Waals surface area contributed by atoms with E-state index in [0.717, 1.165) is 18.5 Å². The van der Waals surface area contributed by atoms with Crippen molar-refractivity contribution in [3.05, 3.63) is 35.4 Å². The van der Waals surface area contributed by atoms with Gasteiger partial charge in [0, 0.05) is 37.3 Å². The number of nitrogens with zero attached hydrogens (tertiary/aromatic N) is 3. The van der Waals surface area contributed by atoms with Crippen LogP contribution in [0.3, 0.4) is 0 Å². The lowest BCUT2D eigenvalue weighted by Gasteiger charge is -2.38. The van der Waals surface area contributed by atoms with Gasteiger partial charge in [0.25, 0.3) is 0 Å². The highest BCUT2D eigenvalue weighted by atomic mass is 19.1. The molecule has 10 heteroatoms. The molecule has 1 aliphatic rings. The average Bonchev–Trinajstić information content (AvgIpc) is 2.65. The number of nitrogens with two attached hydrogens (primary N) is 1. The van der Waals surface area contributed by atoms with Crippen LogP contribution in [0.25, 0.3) is 0 Å². The SMILES string of the molecule is CC(C)(C)OC(=O)NC1CCN(CC(O)(CN=CN=CN)c2ccc(F)cc2F)CC1. The summed E-state index contributed by atoms with van der Waals surface area (Å²) in [5.41, 5.74) is 2.86. The van der Waals surface area contributed by atoms with E-state index in [2.05, 4.69) is 15.3 Å². The lowest BCUT2D eigenvalue weighted by atomic mass is 9.91. The Morgan fingerprint density at radius 3 is 2.61 bits per heavy atom. The molecule has 0 aromatic heterocycles. The van der Waals surface area contributed by atoms with Gasteiger partial charge in [-0.05, 0) is 39.7 Å². The van der Waals surface area contributed by atoms with E-state index in [1.54, 1.807) is 20.8 Å². The van der Waals surface area contributed by atoms with Crippen molar-refractivity contribution in [2.75, 3.05) is 26.2 Å². The monoisotopic (exact) mass is 439 g/mol. The minimum absolute atomic E-state index is 0.0446. The molecule has 1 aromatic carbocycles. The molecule has 1 aliphatic heterocycles. The van der Waals surface area contributed by atoms with E-state index in [-0.39, 0.29) is 24.7 Å². The van der Waals surface area contributed by atoms with Gasteiger partial charge in [0.2, 0.25) is 0 Å². The number of amides is 1. The fourth-order valence-corrected chi connectivity index (χ4v) is 3.44. The highest BCUT2D eigenvalue weighted by Gasteiger charge is 2.36. The second kappa shape index (κ2) is 10.6. The summed E-state index contributed by atoms with van der Waals surface area (Å²) in [6, 6.07) is 3.00. The van der Waals surface area contributed by atoms with Gasteiger partial charge in [-0.15, -0.1) is 0 Å². The standard InChI is InChI=1S/C21H31F2N5O3/c1-20(2,3)31-19(29)27-16-6-8-28(9-7-16)12-21(30,11-25-14-26-13-24)17-5-4-15(22)10-18(17)23/h4-5,10,13-14,16,30H,6-9,11-12H2,1-3H3,(H,27,29)(H2,24,25,26). The fraction of sp³-hybridized carbons (Fsp3) is 0.571. The molecule has 1 unspecified atom stereocenters. The summed E-state index contributed by atoms with van der Waals surface area (Å²) in [6.07, 6.45) is 3.03. The van der Waals surface area contributed by atoms with E-state index in [1.165, 1.54) is 12.4 Å². The number of ether oxygens (including phenoxy) is 1. The second-order valence-electron chi connectivity index (χ2n) is 8.61. The summed E-state index contributed by atoms with van der Waals surface area (Å²) in [5, 5.41) is 14.1. The predicted octanol–water partition coefficient (Wildman–Crippen LogP) is 2.16. The first-order valence-electron chi connectivity index (χ1n) is 10.1. The number of carbonyl (C=O) groups excluding carboxylic acids is 1.